The number of piperazine rings is 1. The third-order valence-electron chi connectivity index (χ3n) is 6.26. The molecule has 9 nitrogen and oxygen atoms in total. The zero-order chi connectivity index (χ0) is 22.9. The Hall–Kier alpha value is -3.85. The van der Waals surface area contributed by atoms with Crippen molar-refractivity contribution in [3.63, 3.8) is 0 Å². The van der Waals surface area contributed by atoms with Gasteiger partial charge in [-0.1, -0.05) is 6.07 Å². The van der Waals surface area contributed by atoms with E-state index in [1.165, 1.54) is 18.4 Å². The zero-order valence-corrected chi connectivity index (χ0v) is 19.0. The number of rotatable bonds is 6. The topological polar surface area (TPSA) is 101 Å². The molecule has 0 amide bonds. The molecule has 5 heterocycles. The molecule has 6 rings (SSSR count). The molecule has 0 radical (unpaired) electrons. The Bertz CT molecular complexity index is 1330. The van der Waals surface area contributed by atoms with E-state index in [-0.39, 0.29) is 0 Å². The van der Waals surface area contributed by atoms with Crippen LogP contribution in [-0.2, 0) is 0 Å². The lowest BCUT2D eigenvalue weighted by atomic mass is 10.1. The standard InChI is InChI=1S/C25H26N8O/c1-34-22-4-2-3-20(31-22)30-21-13-17(7-8-28-21)24-29-19-15-27-14-18(16-5-6-16)23(19)25(32-24)33-11-9-26-10-12-33/h2-4,7-8,13-16,26H,5-6,9-12H2,1H3,(H,28,30,31). The van der Waals surface area contributed by atoms with E-state index in [1.54, 1.807) is 19.4 Å². The molecule has 0 spiro atoms. The average molecular weight is 455 g/mol. The van der Waals surface area contributed by atoms with Gasteiger partial charge in [0, 0.05) is 55.6 Å². The summed E-state index contributed by atoms with van der Waals surface area (Å²) in [5.74, 6) is 4.10. The maximum Gasteiger partial charge on any atom is 0.214 e. The Morgan fingerprint density at radius 2 is 1.91 bits per heavy atom. The molecule has 1 aliphatic carbocycles. The van der Waals surface area contributed by atoms with E-state index < -0.39 is 0 Å². The summed E-state index contributed by atoms with van der Waals surface area (Å²) in [6.07, 6.45) is 8.04. The summed E-state index contributed by atoms with van der Waals surface area (Å²) < 4.78 is 5.22. The largest absolute Gasteiger partial charge is 0.481 e. The summed E-state index contributed by atoms with van der Waals surface area (Å²) >= 11 is 0. The third kappa shape index (κ3) is 4.10. The minimum absolute atomic E-state index is 0.540. The number of hydrogen-bond donors (Lipinski definition) is 2. The molecule has 0 atom stereocenters. The van der Waals surface area contributed by atoms with Gasteiger partial charge in [0.1, 0.15) is 17.5 Å². The molecule has 0 aromatic carbocycles. The lowest BCUT2D eigenvalue weighted by Gasteiger charge is -2.30. The average Bonchev–Trinajstić information content (AvgIpc) is 3.74. The van der Waals surface area contributed by atoms with E-state index in [0.29, 0.717) is 29.3 Å². The van der Waals surface area contributed by atoms with Crippen LogP contribution < -0.4 is 20.3 Å². The molecule has 1 aliphatic heterocycles. The molecule has 9 heteroatoms. The molecule has 4 aromatic heterocycles. The van der Waals surface area contributed by atoms with Crippen LogP contribution in [0.1, 0.15) is 24.3 Å². The first-order chi connectivity index (χ1) is 16.8. The highest BCUT2D eigenvalue weighted by Crippen LogP contribution is 2.44. The van der Waals surface area contributed by atoms with Crippen molar-refractivity contribution >= 4 is 28.4 Å². The predicted molar refractivity (Wildman–Crippen MR) is 132 cm³/mol. The van der Waals surface area contributed by atoms with Gasteiger partial charge in [0.25, 0.3) is 0 Å². The van der Waals surface area contributed by atoms with Gasteiger partial charge in [0.05, 0.1) is 18.8 Å². The molecule has 2 fully saturated rings. The minimum atomic E-state index is 0.540. The monoisotopic (exact) mass is 454 g/mol. The van der Waals surface area contributed by atoms with Crippen LogP contribution in [0.3, 0.4) is 0 Å². The molecule has 2 N–H and O–H groups in total. The van der Waals surface area contributed by atoms with Gasteiger partial charge < -0.3 is 20.3 Å². The van der Waals surface area contributed by atoms with Crippen LogP contribution in [0.4, 0.5) is 17.5 Å². The number of nitrogens with one attached hydrogen (secondary N) is 2. The first-order valence-corrected chi connectivity index (χ1v) is 11.6. The summed E-state index contributed by atoms with van der Waals surface area (Å²) in [5, 5.41) is 7.84. The maximum atomic E-state index is 5.22. The first kappa shape index (κ1) is 20.7. The van der Waals surface area contributed by atoms with Gasteiger partial charge in [0.2, 0.25) is 5.88 Å². The fourth-order valence-corrected chi connectivity index (χ4v) is 4.39. The van der Waals surface area contributed by atoms with Crippen LogP contribution in [0.25, 0.3) is 22.3 Å². The predicted octanol–water partition coefficient (Wildman–Crippen LogP) is 3.52. The fourth-order valence-electron chi connectivity index (χ4n) is 4.39. The lowest BCUT2D eigenvalue weighted by molar-refractivity contribution is 0.398. The summed E-state index contributed by atoms with van der Waals surface area (Å²) in [6.45, 7) is 3.73. The molecule has 0 bridgehead atoms. The van der Waals surface area contributed by atoms with Crippen LogP contribution in [0.5, 0.6) is 5.88 Å². The molecule has 0 unspecified atom stereocenters. The van der Waals surface area contributed by atoms with E-state index in [4.69, 9.17) is 14.7 Å². The smallest absolute Gasteiger partial charge is 0.214 e. The van der Waals surface area contributed by atoms with Crippen LogP contribution >= 0.6 is 0 Å². The maximum absolute atomic E-state index is 5.22. The minimum Gasteiger partial charge on any atom is -0.481 e. The summed E-state index contributed by atoms with van der Waals surface area (Å²) in [4.78, 5) is 25.8. The van der Waals surface area contributed by atoms with E-state index >= 15 is 0 Å². The lowest BCUT2D eigenvalue weighted by Crippen LogP contribution is -2.44. The Labute approximate surface area is 197 Å². The Morgan fingerprint density at radius 3 is 2.74 bits per heavy atom. The highest BCUT2D eigenvalue weighted by molar-refractivity contribution is 5.94. The van der Waals surface area contributed by atoms with Crippen molar-refractivity contribution in [2.24, 2.45) is 0 Å². The van der Waals surface area contributed by atoms with Gasteiger partial charge in [-0.25, -0.2) is 15.0 Å². The number of ether oxygens (including phenoxy) is 1. The summed E-state index contributed by atoms with van der Waals surface area (Å²) in [7, 11) is 1.60. The molecule has 1 saturated heterocycles. The van der Waals surface area contributed by atoms with Crippen molar-refractivity contribution in [2.75, 3.05) is 43.5 Å². The van der Waals surface area contributed by atoms with E-state index in [2.05, 4.69) is 30.5 Å². The van der Waals surface area contributed by atoms with Gasteiger partial charge in [-0.3, -0.25) is 4.98 Å². The highest BCUT2D eigenvalue weighted by atomic mass is 16.5. The number of anilines is 3. The van der Waals surface area contributed by atoms with Gasteiger partial charge in [0.15, 0.2) is 5.82 Å². The Morgan fingerprint density at radius 1 is 1.03 bits per heavy atom. The number of fused-ring (bicyclic) bond motifs is 1. The van der Waals surface area contributed by atoms with E-state index in [9.17, 15) is 0 Å². The zero-order valence-electron chi connectivity index (χ0n) is 19.0. The Balaban J connectivity index is 1.42. The molecule has 2 aliphatic rings. The Kier molecular flexibility index (Phi) is 5.38. The van der Waals surface area contributed by atoms with Crippen molar-refractivity contribution in [3.05, 3.63) is 54.5 Å². The van der Waals surface area contributed by atoms with E-state index in [0.717, 1.165) is 48.5 Å². The fraction of sp³-hybridized carbons (Fsp3) is 0.320. The van der Waals surface area contributed by atoms with Gasteiger partial charge in [-0.2, -0.15) is 4.98 Å². The van der Waals surface area contributed by atoms with Gasteiger partial charge >= 0.3 is 0 Å². The second-order valence-corrected chi connectivity index (χ2v) is 8.62. The number of nitrogens with zero attached hydrogens (tertiary/aromatic N) is 6. The first-order valence-electron chi connectivity index (χ1n) is 11.6. The van der Waals surface area contributed by atoms with Gasteiger partial charge in [-0.15, -0.1) is 0 Å². The van der Waals surface area contributed by atoms with Crippen molar-refractivity contribution in [1.82, 2.24) is 30.2 Å². The van der Waals surface area contributed by atoms with E-state index in [1.807, 2.05) is 36.7 Å². The van der Waals surface area contributed by atoms with Crippen molar-refractivity contribution < 1.29 is 4.74 Å². The van der Waals surface area contributed by atoms with Crippen molar-refractivity contribution in [2.45, 2.75) is 18.8 Å². The van der Waals surface area contributed by atoms with Crippen LogP contribution in [0.2, 0.25) is 0 Å². The summed E-state index contributed by atoms with van der Waals surface area (Å²) in [6, 6.07) is 9.44. The molecule has 4 aromatic rings. The molecular formula is C25H26N8O. The summed E-state index contributed by atoms with van der Waals surface area (Å²) in [5.41, 5.74) is 3.05. The number of methoxy groups -OCH3 is 1. The van der Waals surface area contributed by atoms with Crippen LogP contribution in [0, 0.1) is 0 Å². The van der Waals surface area contributed by atoms with Crippen molar-refractivity contribution in [1.29, 1.82) is 0 Å². The second-order valence-electron chi connectivity index (χ2n) is 8.62. The van der Waals surface area contributed by atoms with Gasteiger partial charge in [-0.05, 0) is 42.5 Å². The molecule has 34 heavy (non-hydrogen) atoms. The SMILES string of the molecule is COc1cccc(Nc2cc(-c3nc(N4CCNCC4)c4c(C5CC5)cncc4n3)ccn2)n1. The highest BCUT2D eigenvalue weighted by Gasteiger charge is 2.29. The van der Waals surface area contributed by atoms with Crippen molar-refractivity contribution in [3.8, 4) is 17.3 Å². The number of aromatic nitrogens is 5. The molecule has 1 saturated carbocycles. The van der Waals surface area contributed by atoms with Crippen LogP contribution in [0.15, 0.2) is 48.9 Å². The second kappa shape index (κ2) is 8.83. The molecular weight excluding hydrogens is 428 g/mol. The number of pyridine rings is 3. The molecule has 172 valence electrons. The van der Waals surface area contributed by atoms with Crippen LogP contribution in [-0.4, -0.2) is 58.2 Å². The number of hydrogen-bond acceptors (Lipinski definition) is 9. The normalized spacial score (nSPS) is 16.0. The third-order valence-corrected chi connectivity index (χ3v) is 6.26. The quantitative estimate of drug-likeness (QED) is 0.453.